The minimum atomic E-state index is -0.00999. The number of aliphatic imine (C=N–C) groups is 1. The summed E-state index contributed by atoms with van der Waals surface area (Å²) in [5.74, 6) is 1.31. The van der Waals surface area contributed by atoms with Gasteiger partial charge in [-0.25, -0.2) is 4.99 Å². The van der Waals surface area contributed by atoms with Crippen molar-refractivity contribution in [3.63, 3.8) is 0 Å². The van der Waals surface area contributed by atoms with Crippen molar-refractivity contribution in [2.45, 2.75) is 25.7 Å². The van der Waals surface area contributed by atoms with Crippen LogP contribution in [0.15, 0.2) is 4.99 Å². The molecule has 2 aliphatic heterocycles. The molecule has 0 atom stereocenters. The van der Waals surface area contributed by atoms with Gasteiger partial charge in [0, 0.05) is 66.7 Å². The molecule has 9 heteroatoms. The molecule has 2 aliphatic rings. The maximum atomic E-state index is 11.9. The molecule has 2 fully saturated rings. The molecule has 1 amide bonds. The van der Waals surface area contributed by atoms with Crippen molar-refractivity contribution in [1.82, 2.24) is 20.4 Å². The SMILES string of the molecule is CN(C)C(=O)CN=C(NCCCOCC1CCOCC1)NCCCN1CCOCC1. The molecule has 0 aromatic rings. The van der Waals surface area contributed by atoms with Crippen molar-refractivity contribution in [1.29, 1.82) is 0 Å². The van der Waals surface area contributed by atoms with Crippen LogP contribution in [0.5, 0.6) is 0 Å². The highest BCUT2D eigenvalue weighted by atomic mass is 16.5. The van der Waals surface area contributed by atoms with E-state index >= 15 is 0 Å². The van der Waals surface area contributed by atoms with Crippen LogP contribution >= 0.6 is 0 Å². The molecule has 0 radical (unpaired) electrons. The summed E-state index contributed by atoms with van der Waals surface area (Å²) in [6.45, 7) is 9.69. The summed E-state index contributed by atoms with van der Waals surface area (Å²) in [6.07, 6.45) is 4.13. The van der Waals surface area contributed by atoms with Gasteiger partial charge in [0.2, 0.25) is 5.91 Å². The van der Waals surface area contributed by atoms with Crippen LogP contribution in [-0.4, -0.2) is 115 Å². The lowest BCUT2D eigenvalue weighted by Gasteiger charge is -2.26. The highest BCUT2D eigenvalue weighted by molar-refractivity contribution is 5.84. The Bertz CT molecular complexity index is 492. The number of likely N-dealkylation sites (N-methyl/N-ethyl adjacent to an activating group) is 1. The molecular formula is C21H41N5O4. The van der Waals surface area contributed by atoms with Crippen molar-refractivity contribution in [2.75, 3.05) is 93.0 Å². The van der Waals surface area contributed by atoms with Gasteiger partial charge in [-0.3, -0.25) is 9.69 Å². The van der Waals surface area contributed by atoms with Crippen LogP contribution in [0.4, 0.5) is 0 Å². The molecule has 0 aromatic carbocycles. The third-order valence-corrected chi connectivity index (χ3v) is 5.37. The number of guanidine groups is 1. The highest BCUT2D eigenvalue weighted by Gasteiger charge is 2.13. The zero-order valence-corrected chi connectivity index (χ0v) is 18.9. The van der Waals surface area contributed by atoms with Crippen molar-refractivity contribution >= 4 is 11.9 Å². The highest BCUT2D eigenvalue weighted by Crippen LogP contribution is 2.14. The quantitative estimate of drug-likeness (QED) is 0.261. The topological polar surface area (TPSA) is 87.7 Å². The van der Waals surface area contributed by atoms with Gasteiger partial charge in [0.05, 0.1) is 13.2 Å². The fourth-order valence-electron chi connectivity index (χ4n) is 3.34. The second-order valence-electron chi connectivity index (χ2n) is 8.10. The van der Waals surface area contributed by atoms with Crippen molar-refractivity contribution in [3.05, 3.63) is 0 Å². The molecule has 174 valence electrons. The third-order valence-electron chi connectivity index (χ3n) is 5.37. The van der Waals surface area contributed by atoms with Gasteiger partial charge in [0.25, 0.3) is 0 Å². The standard InChI is InChI=1S/C21H41N5O4/c1-25(2)20(27)17-24-21(22-7-3-9-26-10-15-29-16-11-26)23-8-4-12-30-18-19-5-13-28-14-6-19/h19H,3-18H2,1-2H3,(H2,22,23,24). The number of carbonyl (C=O) groups is 1. The van der Waals surface area contributed by atoms with Gasteiger partial charge in [-0.1, -0.05) is 0 Å². The van der Waals surface area contributed by atoms with Gasteiger partial charge in [-0.05, 0) is 38.1 Å². The molecule has 2 saturated heterocycles. The number of hydrogen-bond acceptors (Lipinski definition) is 6. The van der Waals surface area contributed by atoms with E-state index in [1.807, 2.05) is 0 Å². The minimum Gasteiger partial charge on any atom is -0.381 e. The van der Waals surface area contributed by atoms with Crippen LogP contribution in [0.3, 0.4) is 0 Å². The van der Waals surface area contributed by atoms with Crippen LogP contribution in [-0.2, 0) is 19.0 Å². The predicted octanol–water partition coefficient (Wildman–Crippen LogP) is 0.165. The zero-order chi connectivity index (χ0) is 21.4. The summed E-state index contributed by atoms with van der Waals surface area (Å²) in [7, 11) is 3.49. The molecule has 0 aliphatic carbocycles. The lowest BCUT2D eigenvalue weighted by Crippen LogP contribution is -2.41. The number of morpholine rings is 1. The van der Waals surface area contributed by atoms with Gasteiger partial charge in [0.1, 0.15) is 6.54 Å². The first kappa shape index (κ1) is 24.8. The Balaban J connectivity index is 1.61. The van der Waals surface area contributed by atoms with Gasteiger partial charge < -0.3 is 29.7 Å². The van der Waals surface area contributed by atoms with E-state index in [9.17, 15) is 4.79 Å². The van der Waals surface area contributed by atoms with E-state index in [4.69, 9.17) is 14.2 Å². The van der Waals surface area contributed by atoms with E-state index in [0.29, 0.717) is 11.9 Å². The lowest BCUT2D eigenvalue weighted by molar-refractivity contribution is -0.127. The Labute approximate surface area is 181 Å². The van der Waals surface area contributed by atoms with E-state index in [1.165, 1.54) is 0 Å². The molecule has 0 saturated carbocycles. The lowest BCUT2D eigenvalue weighted by atomic mass is 10.0. The summed E-state index contributed by atoms with van der Waals surface area (Å²) >= 11 is 0. The average molecular weight is 428 g/mol. The Kier molecular flexibility index (Phi) is 12.7. The van der Waals surface area contributed by atoms with Crippen molar-refractivity contribution in [3.8, 4) is 0 Å². The number of rotatable bonds is 12. The van der Waals surface area contributed by atoms with Crippen molar-refractivity contribution in [2.24, 2.45) is 10.9 Å². The number of ether oxygens (including phenoxy) is 3. The summed E-state index contributed by atoms with van der Waals surface area (Å²) in [5.41, 5.74) is 0. The normalized spacial score (nSPS) is 18.9. The first-order valence-electron chi connectivity index (χ1n) is 11.3. The fraction of sp³-hybridized carbons (Fsp3) is 0.905. The van der Waals surface area contributed by atoms with Crippen LogP contribution in [0.2, 0.25) is 0 Å². The van der Waals surface area contributed by atoms with E-state index in [1.54, 1.807) is 19.0 Å². The third kappa shape index (κ3) is 11.1. The fourth-order valence-corrected chi connectivity index (χ4v) is 3.34. The molecule has 2 N–H and O–H groups in total. The molecule has 0 unspecified atom stereocenters. The van der Waals surface area contributed by atoms with E-state index in [-0.39, 0.29) is 12.5 Å². The van der Waals surface area contributed by atoms with Gasteiger partial charge in [0.15, 0.2) is 5.96 Å². The molecule has 9 nitrogen and oxygen atoms in total. The minimum absolute atomic E-state index is 0.00999. The first-order valence-corrected chi connectivity index (χ1v) is 11.3. The number of nitrogens with zero attached hydrogens (tertiary/aromatic N) is 3. The number of nitrogens with one attached hydrogen (secondary N) is 2. The van der Waals surface area contributed by atoms with Gasteiger partial charge in [-0.15, -0.1) is 0 Å². The summed E-state index contributed by atoms with van der Waals surface area (Å²) in [4.78, 5) is 20.3. The molecule has 2 heterocycles. The van der Waals surface area contributed by atoms with Crippen LogP contribution in [0, 0.1) is 5.92 Å². The Morgan fingerprint density at radius 2 is 1.73 bits per heavy atom. The Morgan fingerprint density at radius 3 is 2.43 bits per heavy atom. The van der Waals surface area contributed by atoms with Crippen LogP contribution in [0.25, 0.3) is 0 Å². The van der Waals surface area contributed by atoms with Crippen molar-refractivity contribution < 1.29 is 19.0 Å². The zero-order valence-electron chi connectivity index (χ0n) is 18.9. The van der Waals surface area contributed by atoms with E-state index in [0.717, 1.165) is 98.0 Å². The Hall–Kier alpha value is -1.42. The summed E-state index contributed by atoms with van der Waals surface area (Å²) in [5, 5.41) is 6.68. The number of hydrogen-bond donors (Lipinski definition) is 2. The summed E-state index contributed by atoms with van der Waals surface area (Å²) in [6, 6.07) is 0. The first-order chi connectivity index (χ1) is 14.6. The van der Waals surface area contributed by atoms with Crippen LogP contribution in [0.1, 0.15) is 25.7 Å². The molecule has 0 bridgehead atoms. The second kappa shape index (κ2) is 15.4. The van der Waals surface area contributed by atoms with E-state index in [2.05, 4.69) is 20.5 Å². The predicted molar refractivity (Wildman–Crippen MR) is 118 cm³/mol. The van der Waals surface area contributed by atoms with Crippen LogP contribution < -0.4 is 10.6 Å². The monoisotopic (exact) mass is 427 g/mol. The summed E-state index contributed by atoms with van der Waals surface area (Å²) < 4.78 is 16.6. The molecule has 0 aromatic heterocycles. The molecule has 30 heavy (non-hydrogen) atoms. The molecule has 0 spiro atoms. The second-order valence-corrected chi connectivity index (χ2v) is 8.10. The number of carbonyl (C=O) groups excluding carboxylic acids is 1. The maximum absolute atomic E-state index is 11.9. The van der Waals surface area contributed by atoms with Gasteiger partial charge in [-0.2, -0.15) is 0 Å². The van der Waals surface area contributed by atoms with E-state index < -0.39 is 0 Å². The smallest absolute Gasteiger partial charge is 0.243 e. The maximum Gasteiger partial charge on any atom is 0.243 e. The van der Waals surface area contributed by atoms with Gasteiger partial charge >= 0.3 is 0 Å². The largest absolute Gasteiger partial charge is 0.381 e. The number of amides is 1. The molecule has 2 rings (SSSR count). The molecular weight excluding hydrogens is 386 g/mol. The Morgan fingerprint density at radius 1 is 1.07 bits per heavy atom. The average Bonchev–Trinajstić information content (AvgIpc) is 2.77.